The van der Waals surface area contributed by atoms with Gasteiger partial charge in [0.05, 0.1) is 5.92 Å². The average molecular weight is 518 g/mol. The number of alkyl halides is 17. The van der Waals surface area contributed by atoms with Crippen molar-refractivity contribution < 1.29 is 84.5 Å². The molecule has 0 saturated carbocycles. The third-order valence-electron chi connectivity index (χ3n) is 4.09. The van der Waals surface area contributed by atoms with Gasteiger partial charge in [-0.15, -0.1) is 0 Å². The van der Waals surface area contributed by atoms with E-state index in [9.17, 15) is 79.4 Å². The lowest BCUT2D eigenvalue weighted by Gasteiger charge is -2.43. The van der Waals surface area contributed by atoms with Crippen LogP contribution in [-0.2, 0) is 4.79 Å². The first-order valence-electron chi connectivity index (χ1n) is 7.15. The molecule has 0 aromatic rings. The molecule has 0 aliphatic heterocycles. The normalized spacial score (nSPS) is 16.7. The fourth-order valence-electron chi connectivity index (χ4n) is 1.85. The fraction of sp³-hybridized carbons (Fsp3) is 0.769. The lowest BCUT2D eigenvalue weighted by atomic mass is 9.83. The Labute approximate surface area is 164 Å². The van der Waals surface area contributed by atoms with Gasteiger partial charge in [-0.3, -0.25) is 0 Å². The Bertz CT molecular complexity index is 748. The van der Waals surface area contributed by atoms with Crippen LogP contribution >= 0.6 is 0 Å². The highest BCUT2D eigenvalue weighted by Gasteiger charge is 2.95. The molecule has 0 aliphatic carbocycles. The average Bonchev–Trinajstić information content (AvgIpc) is 2.57. The molecule has 0 bridgehead atoms. The van der Waals surface area contributed by atoms with Gasteiger partial charge in [0.15, 0.2) is 0 Å². The van der Waals surface area contributed by atoms with Crippen molar-refractivity contribution in [1.29, 1.82) is 0 Å². The summed E-state index contributed by atoms with van der Waals surface area (Å²) >= 11 is 0. The van der Waals surface area contributed by atoms with Gasteiger partial charge < -0.3 is 5.11 Å². The van der Waals surface area contributed by atoms with Crippen LogP contribution < -0.4 is 0 Å². The van der Waals surface area contributed by atoms with Gasteiger partial charge in [0.25, 0.3) is 0 Å². The van der Waals surface area contributed by atoms with Gasteiger partial charge in [-0.1, -0.05) is 13.5 Å². The first-order valence-corrected chi connectivity index (χ1v) is 7.15. The van der Waals surface area contributed by atoms with Gasteiger partial charge in [0, 0.05) is 5.57 Å². The minimum Gasteiger partial charge on any atom is -0.478 e. The molecule has 0 heterocycles. The van der Waals surface area contributed by atoms with Crippen LogP contribution in [0.3, 0.4) is 0 Å². The highest BCUT2D eigenvalue weighted by Crippen LogP contribution is 2.64. The van der Waals surface area contributed by atoms with Gasteiger partial charge in [-0.2, -0.15) is 74.6 Å². The summed E-state index contributed by atoms with van der Waals surface area (Å²) in [7, 11) is 0. The molecule has 0 rings (SSSR count). The quantitative estimate of drug-likeness (QED) is 0.289. The van der Waals surface area contributed by atoms with Gasteiger partial charge in [0.1, 0.15) is 0 Å². The summed E-state index contributed by atoms with van der Waals surface area (Å²) < 4.78 is 222. The smallest absolute Gasteiger partial charge is 0.460 e. The zero-order chi connectivity index (χ0) is 26.7. The maximum atomic E-state index is 13.7. The third kappa shape index (κ3) is 3.63. The van der Waals surface area contributed by atoms with Crippen LogP contribution in [0.2, 0.25) is 0 Å². The molecule has 0 fully saturated rings. The van der Waals surface area contributed by atoms with Crippen LogP contribution in [0.15, 0.2) is 12.2 Å². The van der Waals surface area contributed by atoms with Crippen LogP contribution in [0.25, 0.3) is 0 Å². The molecule has 0 radical (unpaired) electrons. The van der Waals surface area contributed by atoms with Crippen LogP contribution in [0, 0.1) is 5.92 Å². The van der Waals surface area contributed by atoms with E-state index >= 15 is 0 Å². The van der Waals surface area contributed by atoms with Gasteiger partial charge in [-0.25, -0.2) is 4.79 Å². The zero-order valence-electron chi connectivity index (χ0n) is 14.6. The van der Waals surface area contributed by atoms with E-state index in [-0.39, 0.29) is 6.92 Å². The Hall–Kier alpha value is -1.98. The van der Waals surface area contributed by atoms with Crippen LogP contribution in [0.1, 0.15) is 6.92 Å². The number of hydrogen-bond acceptors (Lipinski definition) is 1. The largest absolute Gasteiger partial charge is 0.478 e. The Morgan fingerprint density at radius 3 is 1.09 bits per heavy atom. The summed E-state index contributed by atoms with van der Waals surface area (Å²) in [5, 5.41) is 8.32. The number of carboxylic acid groups (broad SMARTS) is 1. The van der Waals surface area contributed by atoms with Crippen molar-refractivity contribution >= 4 is 5.97 Å². The van der Waals surface area contributed by atoms with E-state index in [1.54, 1.807) is 0 Å². The summed E-state index contributed by atoms with van der Waals surface area (Å²) in [6.07, 6.45) is -7.83. The van der Waals surface area contributed by atoms with Crippen molar-refractivity contribution in [2.45, 2.75) is 54.6 Å². The van der Waals surface area contributed by atoms with E-state index in [1.807, 2.05) is 0 Å². The second-order valence-corrected chi connectivity index (χ2v) is 6.12. The SMILES string of the molecule is C=C(C(=O)O)C(C)C(F)(F)C(F)(F)C(F)(F)C(F)(F)C(F)(F)C(F)(F)C(F)(F)C(F)(F)F. The molecule has 0 amide bonds. The summed E-state index contributed by atoms with van der Waals surface area (Å²) in [4.78, 5) is 10.4. The molecule has 190 valence electrons. The van der Waals surface area contributed by atoms with Crippen molar-refractivity contribution in [1.82, 2.24) is 0 Å². The lowest BCUT2D eigenvalue weighted by molar-refractivity contribution is -0.462. The number of carboxylic acids is 1. The highest BCUT2D eigenvalue weighted by atomic mass is 19.4. The Kier molecular flexibility index (Phi) is 7.06. The molecule has 1 atom stereocenters. The van der Waals surface area contributed by atoms with Gasteiger partial charge in [0.2, 0.25) is 0 Å². The van der Waals surface area contributed by atoms with Crippen molar-refractivity contribution in [2.24, 2.45) is 5.92 Å². The molecule has 0 aromatic carbocycles. The molecule has 0 aromatic heterocycles. The molecule has 0 spiro atoms. The summed E-state index contributed by atoms with van der Waals surface area (Å²) in [6, 6.07) is 0. The Morgan fingerprint density at radius 1 is 0.594 bits per heavy atom. The molecule has 0 aliphatic rings. The number of aliphatic carboxylic acids is 1. The van der Waals surface area contributed by atoms with E-state index < -0.39 is 65.1 Å². The monoisotopic (exact) mass is 518 g/mol. The molecule has 0 saturated heterocycles. The minimum absolute atomic E-state index is 0.386. The van der Waals surface area contributed by atoms with Crippen LogP contribution in [-0.4, -0.2) is 58.7 Å². The first-order chi connectivity index (χ1) is 13.5. The molecule has 19 heteroatoms. The molecule has 1 unspecified atom stereocenters. The summed E-state index contributed by atoms with van der Waals surface area (Å²) in [6.45, 7) is 1.80. The van der Waals surface area contributed by atoms with E-state index in [0.29, 0.717) is 0 Å². The second kappa shape index (κ2) is 7.53. The summed E-state index contributed by atoms with van der Waals surface area (Å²) in [5.74, 6) is -63.9. The maximum absolute atomic E-state index is 13.7. The number of carbonyl (C=O) groups is 1. The Morgan fingerprint density at radius 2 is 0.844 bits per heavy atom. The molecule has 32 heavy (non-hydrogen) atoms. The topological polar surface area (TPSA) is 37.3 Å². The second-order valence-electron chi connectivity index (χ2n) is 6.12. The molecule has 1 N–H and O–H groups in total. The van der Waals surface area contributed by atoms with Crippen LogP contribution in [0.4, 0.5) is 74.6 Å². The summed E-state index contributed by atoms with van der Waals surface area (Å²) in [5.41, 5.74) is -2.12. The van der Waals surface area contributed by atoms with Crippen LogP contribution in [0.5, 0.6) is 0 Å². The predicted octanol–water partition coefficient (Wildman–Crippen LogP) is 6.27. The van der Waals surface area contributed by atoms with Crippen molar-refractivity contribution in [3.8, 4) is 0 Å². The maximum Gasteiger partial charge on any atom is 0.460 e. The van der Waals surface area contributed by atoms with Gasteiger partial charge >= 0.3 is 53.6 Å². The third-order valence-corrected chi connectivity index (χ3v) is 4.09. The predicted molar refractivity (Wildman–Crippen MR) is 66.6 cm³/mol. The number of halogens is 17. The first kappa shape index (κ1) is 30.0. The molecular weight excluding hydrogens is 511 g/mol. The number of hydrogen-bond donors (Lipinski definition) is 1. The van der Waals surface area contributed by atoms with Gasteiger partial charge in [-0.05, 0) is 0 Å². The van der Waals surface area contributed by atoms with E-state index in [4.69, 9.17) is 5.11 Å². The molecule has 2 nitrogen and oxygen atoms in total. The zero-order valence-corrected chi connectivity index (χ0v) is 14.6. The highest BCUT2D eigenvalue weighted by molar-refractivity contribution is 5.86. The standard InChI is InChI=1S/C13H7F17O2/c1-3(5(31)32)4(2)6(14,15)7(16,17)8(18,19)9(20,21)10(22,23)11(24,25)12(26,27)13(28,29)30/h4H,1H2,2H3,(H,31,32). The lowest BCUT2D eigenvalue weighted by Crippen LogP contribution is -2.74. The number of rotatable bonds is 9. The van der Waals surface area contributed by atoms with Crippen molar-refractivity contribution in [2.75, 3.05) is 0 Å². The Balaban J connectivity index is 6.85. The fourth-order valence-corrected chi connectivity index (χ4v) is 1.85. The van der Waals surface area contributed by atoms with E-state index in [1.165, 1.54) is 0 Å². The van der Waals surface area contributed by atoms with E-state index in [0.717, 1.165) is 0 Å². The minimum atomic E-state index is -8.73. The molecular formula is C13H7F17O2. The van der Waals surface area contributed by atoms with E-state index in [2.05, 4.69) is 6.58 Å². The van der Waals surface area contributed by atoms with Crippen molar-refractivity contribution in [3.05, 3.63) is 12.2 Å². The van der Waals surface area contributed by atoms with Crippen molar-refractivity contribution in [3.63, 3.8) is 0 Å².